The van der Waals surface area contributed by atoms with Crippen molar-refractivity contribution < 1.29 is 9.47 Å². The maximum atomic E-state index is 5.58. The van der Waals surface area contributed by atoms with E-state index in [1.165, 1.54) is 37.7 Å². The Hall–Kier alpha value is -2.85. The minimum Gasteiger partial charge on any atom is -0.454 e. The first-order valence-electron chi connectivity index (χ1n) is 12.4. The van der Waals surface area contributed by atoms with Gasteiger partial charge < -0.3 is 14.8 Å². The molecule has 1 fully saturated rings. The van der Waals surface area contributed by atoms with Crippen LogP contribution >= 0.6 is 0 Å². The van der Waals surface area contributed by atoms with Gasteiger partial charge in [-0.05, 0) is 67.6 Å². The lowest BCUT2D eigenvalue weighted by molar-refractivity contribution is 0.174. The number of fused-ring (bicyclic) bond motifs is 1. The van der Waals surface area contributed by atoms with E-state index in [9.17, 15) is 0 Å². The molecule has 5 rings (SSSR count). The molecule has 1 saturated carbocycles. The van der Waals surface area contributed by atoms with Crippen molar-refractivity contribution in [2.75, 3.05) is 13.3 Å². The predicted octanol–water partition coefficient (Wildman–Crippen LogP) is 6.36. The first-order chi connectivity index (χ1) is 16.3. The Bertz CT molecular complexity index is 1050. The molecule has 2 atom stereocenters. The molecule has 1 aromatic heterocycles. The van der Waals surface area contributed by atoms with Crippen molar-refractivity contribution >= 4 is 0 Å². The van der Waals surface area contributed by atoms with Crippen LogP contribution in [-0.4, -0.2) is 24.4 Å². The van der Waals surface area contributed by atoms with Gasteiger partial charge in [-0.3, -0.25) is 4.98 Å². The van der Waals surface area contributed by atoms with Gasteiger partial charge in [0.1, 0.15) is 0 Å². The minimum absolute atomic E-state index is 0.293. The van der Waals surface area contributed by atoms with Gasteiger partial charge in [0.05, 0.1) is 5.69 Å². The zero-order valence-corrected chi connectivity index (χ0v) is 19.5. The Kier molecular flexibility index (Phi) is 6.92. The number of hydrogen-bond donors (Lipinski definition) is 1. The van der Waals surface area contributed by atoms with Crippen LogP contribution in [0.5, 0.6) is 11.5 Å². The van der Waals surface area contributed by atoms with E-state index >= 15 is 0 Å². The Morgan fingerprint density at radius 3 is 2.58 bits per heavy atom. The SMILES string of the molecule is CC(c1cccc(-c2ccc3c(c2)OCO3)n1)C(NCCc1ccccc1)C1CCCCC1. The van der Waals surface area contributed by atoms with Crippen molar-refractivity contribution in [3.05, 3.63) is 78.0 Å². The molecule has 4 nitrogen and oxygen atoms in total. The first kappa shape index (κ1) is 22.0. The molecule has 4 heteroatoms. The lowest BCUT2D eigenvalue weighted by Crippen LogP contribution is -2.42. The van der Waals surface area contributed by atoms with Gasteiger partial charge >= 0.3 is 0 Å². The summed E-state index contributed by atoms with van der Waals surface area (Å²) in [6.07, 6.45) is 7.75. The third-order valence-electron chi connectivity index (χ3n) is 7.24. The summed E-state index contributed by atoms with van der Waals surface area (Å²) in [7, 11) is 0. The Balaban J connectivity index is 1.34. The fourth-order valence-corrected chi connectivity index (χ4v) is 5.38. The monoisotopic (exact) mass is 442 g/mol. The van der Waals surface area contributed by atoms with E-state index < -0.39 is 0 Å². The lowest BCUT2D eigenvalue weighted by Gasteiger charge is -2.35. The minimum atomic E-state index is 0.293. The normalized spacial score (nSPS) is 17.6. The second-order valence-electron chi connectivity index (χ2n) is 9.42. The average molecular weight is 443 g/mol. The van der Waals surface area contributed by atoms with Crippen LogP contribution in [0.2, 0.25) is 0 Å². The summed E-state index contributed by atoms with van der Waals surface area (Å²) in [5.74, 6) is 2.66. The molecule has 0 radical (unpaired) electrons. The van der Waals surface area contributed by atoms with Crippen molar-refractivity contribution in [1.29, 1.82) is 0 Å². The molecule has 3 aromatic rings. The van der Waals surface area contributed by atoms with Gasteiger partial charge in [0.2, 0.25) is 6.79 Å². The van der Waals surface area contributed by atoms with E-state index in [0.29, 0.717) is 24.7 Å². The summed E-state index contributed by atoms with van der Waals surface area (Å²) in [6.45, 7) is 3.64. The maximum Gasteiger partial charge on any atom is 0.231 e. The number of pyridine rings is 1. The predicted molar refractivity (Wildman–Crippen MR) is 133 cm³/mol. The smallest absolute Gasteiger partial charge is 0.231 e. The Morgan fingerprint density at radius 2 is 1.73 bits per heavy atom. The van der Waals surface area contributed by atoms with Crippen LogP contribution in [0, 0.1) is 5.92 Å². The van der Waals surface area contributed by atoms with Crippen LogP contribution in [0.3, 0.4) is 0 Å². The van der Waals surface area contributed by atoms with Gasteiger partial charge in [-0.2, -0.15) is 0 Å². The van der Waals surface area contributed by atoms with Gasteiger partial charge in [0, 0.05) is 23.2 Å². The molecule has 0 saturated heterocycles. The zero-order valence-electron chi connectivity index (χ0n) is 19.5. The highest BCUT2D eigenvalue weighted by atomic mass is 16.7. The molecule has 33 heavy (non-hydrogen) atoms. The number of benzene rings is 2. The second kappa shape index (κ2) is 10.4. The van der Waals surface area contributed by atoms with Crippen LogP contribution < -0.4 is 14.8 Å². The Morgan fingerprint density at radius 1 is 0.909 bits per heavy atom. The summed E-state index contributed by atoms with van der Waals surface area (Å²) < 4.78 is 11.0. The van der Waals surface area contributed by atoms with E-state index in [-0.39, 0.29) is 0 Å². The second-order valence-corrected chi connectivity index (χ2v) is 9.42. The summed E-state index contributed by atoms with van der Waals surface area (Å²) in [5, 5.41) is 3.95. The molecule has 0 bridgehead atoms. The third-order valence-corrected chi connectivity index (χ3v) is 7.24. The first-order valence-corrected chi connectivity index (χ1v) is 12.4. The van der Waals surface area contributed by atoms with Crippen LogP contribution in [0.1, 0.15) is 56.2 Å². The van der Waals surface area contributed by atoms with E-state index in [1.807, 2.05) is 12.1 Å². The summed E-state index contributed by atoms with van der Waals surface area (Å²) in [5.41, 5.74) is 4.61. The number of rotatable bonds is 8. The van der Waals surface area contributed by atoms with E-state index in [2.05, 4.69) is 66.8 Å². The van der Waals surface area contributed by atoms with Crippen molar-refractivity contribution in [2.24, 2.45) is 5.92 Å². The average Bonchev–Trinajstić information content (AvgIpc) is 3.36. The number of nitrogens with zero attached hydrogens (tertiary/aromatic N) is 1. The van der Waals surface area contributed by atoms with E-state index in [1.54, 1.807) is 0 Å². The fraction of sp³-hybridized carbons (Fsp3) is 0.414. The number of ether oxygens (including phenoxy) is 2. The Labute approximate surface area is 197 Å². The molecule has 172 valence electrons. The summed E-state index contributed by atoms with van der Waals surface area (Å²) in [6, 6.07) is 23.7. The molecule has 0 amide bonds. The molecule has 1 N–H and O–H groups in total. The maximum absolute atomic E-state index is 5.58. The van der Waals surface area contributed by atoms with Crippen molar-refractivity contribution in [2.45, 2.75) is 57.4 Å². The third kappa shape index (κ3) is 5.22. The topological polar surface area (TPSA) is 43.4 Å². The standard InChI is InChI=1S/C29H34N2O2/c1-21(25-13-8-14-26(31-25)24-15-16-27-28(19-24)33-20-32-27)29(23-11-6-3-7-12-23)30-18-17-22-9-4-2-5-10-22/h2,4-5,8-10,13-16,19,21,23,29-30H,3,6-7,11-12,17-18,20H2,1H3. The van der Waals surface area contributed by atoms with Gasteiger partial charge in [0.25, 0.3) is 0 Å². The summed E-state index contributed by atoms with van der Waals surface area (Å²) >= 11 is 0. The van der Waals surface area contributed by atoms with Crippen LogP contribution in [0.4, 0.5) is 0 Å². The molecule has 2 unspecified atom stereocenters. The molecule has 2 heterocycles. The van der Waals surface area contributed by atoms with Crippen molar-refractivity contribution in [3.8, 4) is 22.8 Å². The van der Waals surface area contributed by atoms with Crippen LogP contribution in [0.25, 0.3) is 11.3 Å². The number of hydrogen-bond acceptors (Lipinski definition) is 4. The van der Waals surface area contributed by atoms with Crippen LogP contribution in [-0.2, 0) is 6.42 Å². The largest absolute Gasteiger partial charge is 0.454 e. The highest BCUT2D eigenvalue weighted by Crippen LogP contribution is 2.37. The van der Waals surface area contributed by atoms with Crippen molar-refractivity contribution in [1.82, 2.24) is 10.3 Å². The highest BCUT2D eigenvalue weighted by molar-refractivity contribution is 5.64. The molecule has 1 aliphatic heterocycles. The zero-order chi connectivity index (χ0) is 22.5. The molecule has 2 aliphatic rings. The summed E-state index contributed by atoms with van der Waals surface area (Å²) in [4.78, 5) is 5.11. The van der Waals surface area contributed by atoms with Gasteiger partial charge in [0.15, 0.2) is 11.5 Å². The number of nitrogens with one attached hydrogen (secondary N) is 1. The molecular weight excluding hydrogens is 408 g/mol. The molecule has 1 aliphatic carbocycles. The van der Waals surface area contributed by atoms with E-state index in [0.717, 1.165) is 41.4 Å². The lowest BCUT2D eigenvalue weighted by atomic mass is 9.78. The highest BCUT2D eigenvalue weighted by Gasteiger charge is 2.29. The molecule has 0 spiro atoms. The fourth-order valence-electron chi connectivity index (χ4n) is 5.38. The quantitative estimate of drug-likeness (QED) is 0.441. The van der Waals surface area contributed by atoms with Crippen molar-refractivity contribution in [3.63, 3.8) is 0 Å². The molecular formula is C29H34N2O2. The van der Waals surface area contributed by atoms with Gasteiger partial charge in [-0.25, -0.2) is 0 Å². The number of aromatic nitrogens is 1. The molecule has 2 aromatic carbocycles. The van der Waals surface area contributed by atoms with Crippen LogP contribution in [0.15, 0.2) is 66.7 Å². The van der Waals surface area contributed by atoms with E-state index in [4.69, 9.17) is 14.5 Å². The van der Waals surface area contributed by atoms with Gasteiger partial charge in [-0.1, -0.05) is 62.6 Å². The van der Waals surface area contributed by atoms with Gasteiger partial charge in [-0.15, -0.1) is 0 Å².